The van der Waals surface area contributed by atoms with Gasteiger partial charge in [-0.15, -0.1) is 6.58 Å². The van der Waals surface area contributed by atoms with Crippen molar-refractivity contribution >= 4 is 18.7 Å². The van der Waals surface area contributed by atoms with Gasteiger partial charge in [0.15, 0.2) is 0 Å². The maximum absolute atomic E-state index is 10.7. The van der Waals surface area contributed by atoms with Crippen LogP contribution in [0.4, 0.5) is 0 Å². The van der Waals surface area contributed by atoms with Crippen LogP contribution in [0.2, 0.25) is 13.1 Å². The molecule has 0 aromatic carbocycles. The summed E-state index contributed by atoms with van der Waals surface area (Å²) in [5.41, 5.74) is 1.52. The van der Waals surface area contributed by atoms with E-state index in [1.807, 2.05) is 0 Å². The second kappa shape index (κ2) is 3.48. The lowest BCUT2D eigenvalue weighted by Crippen LogP contribution is -2.31. The third-order valence-electron chi connectivity index (χ3n) is 1.01. The first-order chi connectivity index (χ1) is 4.83. The van der Waals surface area contributed by atoms with Crippen LogP contribution in [-0.2, 0) is 18.5 Å². The van der Waals surface area contributed by atoms with Crippen LogP contribution in [0, 0.1) is 0 Å². The van der Waals surface area contributed by atoms with E-state index in [1.165, 1.54) is 5.70 Å². The van der Waals surface area contributed by atoms with Crippen molar-refractivity contribution in [2.75, 3.05) is 7.11 Å². The summed E-state index contributed by atoms with van der Waals surface area (Å²) in [6, 6.07) is 0. The maximum Gasteiger partial charge on any atom is 0.390 e. The molecular formula is C5H12O4SSi. The number of rotatable bonds is 4. The summed E-state index contributed by atoms with van der Waals surface area (Å²) < 4.78 is 30.2. The molecule has 0 saturated carbocycles. The highest BCUT2D eigenvalue weighted by atomic mass is 32.3. The van der Waals surface area contributed by atoms with Crippen molar-refractivity contribution in [3.05, 3.63) is 12.3 Å². The molecule has 0 saturated heterocycles. The Morgan fingerprint density at radius 1 is 1.45 bits per heavy atom. The highest BCUT2D eigenvalue weighted by Crippen LogP contribution is 2.09. The molecule has 0 aliphatic heterocycles. The Morgan fingerprint density at radius 2 is 1.91 bits per heavy atom. The zero-order valence-electron chi connectivity index (χ0n) is 6.83. The average molecular weight is 196 g/mol. The predicted octanol–water partition coefficient (Wildman–Crippen LogP) is 0.824. The second-order valence-electron chi connectivity index (χ2n) is 2.47. The fourth-order valence-corrected chi connectivity index (χ4v) is 2.98. The summed E-state index contributed by atoms with van der Waals surface area (Å²) in [5, 5.41) is 0. The van der Waals surface area contributed by atoms with Gasteiger partial charge < -0.3 is 0 Å². The molecule has 0 heterocycles. The van der Waals surface area contributed by atoms with Crippen LogP contribution < -0.4 is 0 Å². The van der Waals surface area contributed by atoms with Crippen LogP contribution in [0.3, 0.4) is 0 Å². The van der Waals surface area contributed by atoms with Gasteiger partial charge in [0.05, 0.1) is 7.11 Å². The first-order valence-corrected chi connectivity index (χ1v) is 7.29. The van der Waals surface area contributed by atoms with Crippen molar-refractivity contribution < 1.29 is 16.5 Å². The molecule has 0 aliphatic carbocycles. The minimum atomic E-state index is -3.80. The molecule has 0 aliphatic rings. The van der Waals surface area contributed by atoms with Gasteiger partial charge in [0.25, 0.3) is 0 Å². The van der Waals surface area contributed by atoms with E-state index in [0.29, 0.717) is 0 Å². The van der Waals surface area contributed by atoms with Crippen molar-refractivity contribution in [1.29, 1.82) is 0 Å². The summed E-state index contributed by atoms with van der Waals surface area (Å²) in [4.78, 5) is 0. The molecule has 0 rings (SSSR count). The number of hydrogen-bond donors (Lipinski definition) is 0. The largest absolute Gasteiger partial charge is 0.390 e. The van der Waals surface area contributed by atoms with Crippen molar-refractivity contribution in [3.63, 3.8) is 0 Å². The molecule has 66 valence electrons. The minimum Gasteiger partial charge on any atom is -0.289 e. The normalized spacial score (nSPS) is 13.0. The molecule has 0 radical (unpaired) electrons. The van der Waals surface area contributed by atoms with E-state index in [4.69, 9.17) is 3.87 Å². The van der Waals surface area contributed by atoms with Crippen LogP contribution in [0.15, 0.2) is 12.3 Å². The Kier molecular flexibility index (Phi) is 3.43. The van der Waals surface area contributed by atoms with E-state index in [0.717, 1.165) is 7.11 Å². The highest BCUT2D eigenvalue weighted by molar-refractivity contribution is 7.83. The van der Waals surface area contributed by atoms with Gasteiger partial charge in [0, 0.05) is 0 Å². The Bertz CT molecular complexity index is 231. The van der Waals surface area contributed by atoms with Crippen LogP contribution >= 0.6 is 0 Å². The molecule has 6 heteroatoms. The van der Waals surface area contributed by atoms with E-state index >= 15 is 0 Å². The molecule has 0 amide bonds. The topological polar surface area (TPSA) is 52.6 Å². The van der Waals surface area contributed by atoms with Crippen LogP contribution in [0.1, 0.15) is 0 Å². The molecule has 0 fully saturated rings. The number of hydrogen-bond acceptors (Lipinski definition) is 4. The fraction of sp³-hybridized carbons (Fsp3) is 0.600. The van der Waals surface area contributed by atoms with Gasteiger partial charge in [-0.1, -0.05) is 5.70 Å². The first-order valence-electron chi connectivity index (χ1n) is 2.98. The molecule has 0 aromatic heterocycles. The Morgan fingerprint density at radius 3 is 2.18 bits per heavy atom. The van der Waals surface area contributed by atoms with Gasteiger partial charge in [-0.25, -0.2) is 0 Å². The van der Waals surface area contributed by atoms with E-state index in [2.05, 4.69) is 10.8 Å². The SMILES string of the molecule is C=C[Si](C)(C)OS(=O)(=O)OC. The molecular weight excluding hydrogens is 184 g/mol. The van der Waals surface area contributed by atoms with Gasteiger partial charge in [-0.05, 0) is 13.1 Å². The molecule has 0 bridgehead atoms. The third-order valence-corrected chi connectivity index (χ3v) is 4.94. The first kappa shape index (κ1) is 10.8. The Balaban J connectivity index is 4.38. The van der Waals surface area contributed by atoms with Gasteiger partial charge in [0.1, 0.15) is 0 Å². The zero-order valence-corrected chi connectivity index (χ0v) is 8.64. The minimum absolute atomic E-state index is 1.06. The van der Waals surface area contributed by atoms with Crippen LogP contribution in [0.25, 0.3) is 0 Å². The monoisotopic (exact) mass is 196 g/mol. The van der Waals surface area contributed by atoms with Crippen LogP contribution in [-0.4, -0.2) is 23.8 Å². The van der Waals surface area contributed by atoms with E-state index in [9.17, 15) is 8.42 Å². The summed E-state index contributed by atoms with van der Waals surface area (Å²) in [6.45, 7) is 6.88. The van der Waals surface area contributed by atoms with Crippen LogP contribution in [0.5, 0.6) is 0 Å². The standard InChI is InChI=1S/C5H12O4SSi/c1-5-11(3,4)9-10(6,7)8-2/h5H,1H2,2-4H3. The molecule has 11 heavy (non-hydrogen) atoms. The third kappa shape index (κ3) is 4.30. The quantitative estimate of drug-likeness (QED) is 0.625. The Labute approximate surface area is 68.3 Å². The summed E-state index contributed by atoms with van der Waals surface area (Å²) in [7, 11) is -5.02. The second-order valence-corrected chi connectivity index (χ2v) is 7.90. The maximum atomic E-state index is 10.7. The van der Waals surface area contributed by atoms with E-state index < -0.39 is 18.7 Å². The lowest BCUT2D eigenvalue weighted by atomic mass is 11.3. The zero-order chi connectivity index (χ0) is 9.12. The van der Waals surface area contributed by atoms with Crippen molar-refractivity contribution in [2.45, 2.75) is 13.1 Å². The summed E-state index contributed by atoms with van der Waals surface area (Å²) in [5.74, 6) is 0. The van der Waals surface area contributed by atoms with Gasteiger partial charge in [-0.3, -0.25) is 8.06 Å². The highest BCUT2D eigenvalue weighted by Gasteiger charge is 2.26. The van der Waals surface area contributed by atoms with Gasteiger partial charge in [-0.2, -0.15) is 8.42 Å². The van der Waals surface area contributed by atoms with Crippen molar-refractivity contribution in [3.8, 4) is 0 Å². The molecule has 4 nitrogen and oxygen atoms in total. The molecule has 0 unspecified atom stereocenters. The molecule has 0 spiro atoms. The van der Waals surface area contributed by atoms with Crippen molar-refractivity contribution in [1.82, 2.24) is 0 Å². The summed E-state index contributed by atoms with van der Waals surface area (Å²) >= 11 is 0. The lowest BCUT2D eigenvalue weighted by molar-refractivity contribution is 0.330. The smallest absolute Gasteiger partial charge is 0.289 e. The van der Waals surface area contributed by atoms with Crippen molar-refractivity contribution in [2.24, 2.45) is 0 Å². The molecule has 0 atom stereocenters. The van der Waals surface area contributed by atoms with Gasteiger partial charge >= 0.3 is 10.4 Å². The molecule has 0 aromatic rings. The molecule has 0 N–H and O–H groups in total. The van der Waals surface area contributed by atoms with E-state index in [-0.39, 0.29) is 0 Å². The average Bonchev–Trinajstić information content (AvgIpc) is 1.86. The fourth-order valence-electron chi connectivity index (χ4n) is 0.331. The summed E-state index contributed by atoms with van der Waals surface area (Å²) in [6.07, 6.45) is 0. The Hall–Kier alpha value is -0.173. The lowest BCUT2D eigenvalue weighted by Gasteiger charge is -2.15. The predicted molar refractivity (Wildman–Crippen MR) is 44.7 cm³/mol. The van der Waals surface area contributed by atoms with E-state index in [1.54, 1.807) is 13.1 Å². The van der Waals surface area contributed by atoms with Gasteiger partial charge in [0.2, 0.25) is 8.32 Å².